The maximum Gasteiger partial charge on any atom is 0.228 e. The lowest BCUT2D eigenvalue weighted by Crippen LogP contribution is -2.14. The van der Waals surface area contributed by atoms with Crippen LogP contribution in [0.5, 0.6) is 0 Å². The number of carbonyl (C=O) groups is 1. The van der Waals surface area contributed by atoms with Crippen molar-refractivity contribution in [3.05, 3.63) is 72.7 Å². The number of amides is 1. The summed E-state index contributed by atoms with van der Waals surface area (Å²) in [5.74, 6) is 0.555. The molecule has 5 nitrogen and oxygen atoms in total. The first-order chi connectivity index (χ1) is 11.7. The van der Waals surface area contributed by atoms with Crippen molar-refractivity contribution in [3.8, 4) is 5.82 Å². The van der Waals surface area contributed by atoms with Crippen LogP contribution in [0.4, 0.5) is 10.1 Å². The monoisotopic (exact) mass is 322 g/mol. The Morgan fingerprint density at radius 2 is 2.04 bits per heavy atom. The summed E-state index contributed by atoms with van der Waals surface area (Å²) >= 11 is 0. The molecule has 3 aromatic rings. The first-order valence-electron chi connectivity index (χ1n) is 7.71. The molecule has 1 aliphatic carbocycles. The summed E-state index contributed by atoms with van der Waals surface area (Å²) < 4.78 is 14.7. The Balaban J connectivity index is 1.39. The molecule has 1 aliphatic rings. The van der Waals surface area contributed by atoms with E-state index in [4.69, 9.17) is 0 Å². The third-order valence-corrected chi connectivity index (χ3v) is 4.21. The summed E-state index contributed by atoms with van der Waals surface area (Å²) in [5.41, 5.74) is 1.67. The van der Waals surface area contributed by atoms with Crippen molar-refractivity contribution < 1.29 is 9.18 Å². The standard InChI is InChI=1S/C18H15FN4O/c19-13-3-1-12(2-4-13)15-9-16(15)18(24)22-14-5-6-17(21-10-14)23-8-7-20-11-23/h1-8,10-11,15-16H,9H2,(H,22,24)/t15-,16+/m1/s1. The summed E-state index contributed by atoms with van der Waals surface area (Å²) in [7, 11) is 0. The van der Waals surface area contributed by atoms with Gasteiger partial charge in [0.15, 0.2) is 0 Å². The Morgan fingerprint density at radius 3 is 2.71 bits per heavy atom. The van der Waals surface area contributed by atoms with E-state index in [1.807, 2.05) is 12.1 Å². The summed E-state index contributed by atoms with van der Waals surface area (Å²) in [6.07, 6.45) is 7.57. The van der Waals surface area contributed by atoms with Gasteiger partial charge in [0.25, 0.3) is 0 Å². The second-order valence-electron chi connectivity index (χ2n) is 5.86. The lowest BCUT2D eigenvalue weighted by molar-refractivity contribution is -0.117. The molecule has 1 saturated carbocycles. The minimum absolute atomic E-state index is 0.0264. The van der Waals surface area contributed by atoms with Crippen LogP contribution in [0.2, 0.25) is 0 Å². The van der Waals surface area contributed by atoms with E-state index in [-0.39, 0.29) is 23.6 Å². The average Bonchev–Trinajstić information content (AvgIpc) is 3.21. The number of nitrogens with one attached hydrogen (secondary N) is 1. The molecule has 2 heterocycles. The minimum atomic E-state index is -0.260. The van der Waals surface area contributed by atoms with Gasteiger partial charge in [0, 0.05) is 18.3 Å². The highest BCUT2D eigenvalue weighted by Crippen LogP contribution is 2.47. The van der Waals surface area contributed by atoms with Gasteiger partial charge in [-0.2, -0.15) is 0 Å². The fourth-order valence-electron chi connectivity index (χ4n) is 2.81. The van der Waals surface area contributed by atoms with Gasteiger partial charge in [-0.15, -0.1) is 0 Å². The topological polar surface area (TPSA) is 59.8 Å². The highest BCUT2D eigenvalue weighted by Gasteiger charge is 2.43. The molecule has 4 rings (SSSR count). The molecule has 24 heavy (non-hydrogen) atoms. The van der Waals surface area contributed by atoms with E-state index < -0.39 is 0 Å². The number of benzene rings is 1. The summed E-state index contributed by atoms with van der Waals surface area (Å²) in [4.78, 5) is 20.6. The van der Waals surface area contributed by atoms with Crippen LogP contribution < -0.4 is 5.32 Å². The van der Waals surface area contributed by atoms with Gasteiger partial charge in [0.2, 0.25) is 5.91 Å². The number of pyridine rings is 1. The van der Waals surface area contributed by atoms with Gasteiger partial charge in [0.05, 0.1) is 11.9 Å². The van der Waals surface area contributed by atoms with Crippen LogP contribution in [-0.2, 0) is 4.79 Å². The van der Waals surface area contributed by atoms with Gasteiger partial charge in [-0.3, -0.25) is 9.36 Å². The molecule has 1 fully saturated rings. The Bertz CT molecular complexity index is 844. The van der Waals surface area contributed by atoms with Crippen LogP contribution in [0.1, 0.15) is 17.9 Å². The number of anilines is 1. The van der Waals surface area contributed by atoms with Gasteiger partial charge in [0.1, 0.15) is 18.0 Å². The zero-order chi connectivity index (χ0) is 16.5. The van der Waals surface area contributed by atoms with Gasteiger partial charge >= 0.3 is 0 Å². The van der Waals surface area contributed by atoms with E-state index in [0.717, 1.165) is 17.8 Å². The summed E-state index contributed by atoms with van der Waals surface area (Å²) in [6.45, 7) is 0. The van der Waals surface area contributed by atoms with Crippen LogP contribution in [-0.4, -0.2) is 20.4 Å². The predicted molar refractivity (Wildman–Crippen MR) is 87.2 cm³/mol. The van der Waals surface area contributed by atoms with Crippen molar-refractivity contribution in [2.24, 2.45) is 5.92 Å². The number of nitrogens with zero attached hydrogens (tertiary/aromatic N) is 3. The molecule has 1 aromatic carbocycles. The van der Waals surface area contributed by atoms with E-state index in [9.17, 15) is 9.18 Å². The predicted octanol–water partition coefficient (Wildman–Crippen LogP) is 3.15. The van der Waals surface area contributed by atoms with E-state index in [2.05, 4.69) is 15.3 Å². The van der Waals surface area contributed by atoms with E-state index in [1.54, 1.807) is 41.6 Å². The van der Waals surface area contributed by atoms with Crippen LogP contribution in [0.15, 0.2) is 61.3 Å². The molecule has 2 atom stereocenters. The number of carbonyl (C=O) groups excluding carboxylic acids is 1. The average molecular weight is 322 g/mol. The quantitative estimate of drug-likeness (QED) is 0.803. The molecule has 120 valence electrons. The smallest absolute Gasteiger partial charge is 0.228 e. The number of hydrogen-bond donors (Lipinski definition) is 1. The van der Waals surface area contributed by atoms with E-state index in [1.165, 1.54) is 12.1 Å². The molecule has 0 unspecified atom stereocenters. The van der Waals surface area contributed by atoms with Crippen molar-refractivity contribution in [1.29, 1.82) is 0 Å². The highest BCUT2D eigenvalue weighted by molar-refractivity contribution is 5.95. The fraction of sp³-hybridized carbons (Fsp3) is 0.167. The molecule has 0 saturated heterocycles. The normalized spacial score (nSPS) is 19.0. The molecule has 0 bridgehead atoms. The maximum absolute atomic E-state index is 13.0. The number of imidazole rings is 1. The molecule has 1 N–H and O–H groups in total. The van der Waals surface area contributed by atoms with Crippen molar-refractivity contribution in [2.45, 2.75) is 12.3 Å². The zero-order valence-corrected chi connectivity index (χ0v) is 12.8. The molecule has 0 aliphatic heterocycles. The van der Waals surface area contributed by atoms with E-state index in [0.29, 0.717) is 5.69 Å². The van der Waals surface area contributed by atoms with Gasteiger partial charge in [-0.25, -0.2) is 14.4 Å². The number of hydrogen-bond acceptors (Lipinski definition) is 3. The Morgan fingerprint density at radius 1 is 1.21 bits per heavy atom. The third-order valence-electron chi connectivity index (χ3n) is 4.21. The van der Waals surface area contributed by atoms with Gasteiger partial charge in [-0.1, -0.05) is 12.1 Å². The zero-order valence-electron chi connectivity index (χ0n) is 12.8. The molecule has 0 spiro atoms. The van der Waals surface area contributed by atoms with Crippen LogP contribution in [0.3, 0.4) is 0 Å². The number of rotatable bonds is 4. The molecule has 0 radical (unpaired) electrons. The number of halogens is 1. The Hall–Kier alpha value is -3.02. The first-order valence-corrected chi connectivity index (χ1v) is 7.71. The largest absolute Gasteiger partial charge is 0.324 e. The molecule has 2 aromatic heterocycles. The maximum atomic E-state index is 13.0. The lowest BCUT2D eigenvalue weighted by atomic mass is 10.1. The second kappa shape index (κ2) is 5.88. The summed E-state index contributed by atoms with van der Waals surface area (Å²) in [6, 6.07) is 9.99. The minimum Gasteiger partial charge on any atom is -0.324 e. The fourth-order valence-corrected chi connectivity index (χ4v) is 2.81. The van der Waals surface area contributed by atoms with Crippen LogP contribution in [0, 0.1) is 11.7 Å². The Kier molecular flexibility index (Phi) is 3.57. The van der Waals surface area contributed by atoms with Crippen LogP contribution in [0.25, 0.3) is 5.82 Å². The third kappa shape index (κ3) is 2.90. The lowest BCUT2D eigenvalue weighted by Gasteiger charge is -2.06. The van der Waals surface area contributed by atoms with E-state index >= 15 is 0 Å². The number of aromatic nitrogens is 3. The molecule has 6 heteroatoms. The van der Waals surface area contributed by atoms with Crippen molar-refractivity contribution >= 4 is 11.6 Å². The van der Waals surface area contributed by atoms with Gasteiger partial charge < -0.3 is 5.32 Å². The van der Waals surface area contributed by atoms with Crippen LogP contribution >= 0.6 is 0 Å². The molecule has 1 amide bonds. The summed E-state index contributed by atoms with van der Waals surface area (Å²) in [5, 5.41) is 2.89. The van der Waals surface area contributed by atoms with Crippen molar-refractivity contribution in [2.75, 3.05) is 5.32 Å². The van der Waals surface area contributed by atoms with Crippen molar-refractivity contribution in [3.63, 3.8) is 0 Å². The van der Waals surface area contributed by atoms with Gasteiger partial charge in [-0.05, 0) is 42.2 Å². The first kappa shape index (κ1) is 14.6. The Labute approximate surface area is 138 Å². The second-order valence-corrected chi connectivity index (χ2v) is 5.86. The SMILES string of the molecule is O=C(Nc1ccc(-n2ccnc2)nc1)[C@H]1C[C@@H]1c1ccc(F)cc1. The molecular formula is C18H15FN4O. The van der Waals surface area contributed by atoms with Crippen molar-refractivity contribution in [1.82, 2.24) is 14.5 Å². The highest BCUT2D eigenvalue weighted by atomic mass is 19.1. The molecular weight excluding hydrogens is 307 g/mol.